The maximum Gasteiger partial charge on any atom is 0.416 e. The van der Waals surface area contributed by atoms with Crippen LogP contribution in [0.1, 0.15) is 29.5 Å². The van der Waals surface area contributed by atoms with E-state index in [1.54, 1.807) is 0 Å². The molecule has 0 bridgehead atoms. The molecule has 0 aromatic heterocycles. The van der Waals surface area contributed by atoms with E-state index >= 15 is 0 Å². The van der Waals surface area contributed by atoms with Crippen LogP contribution in [-0.2, 0) is 11.0 Å². The van der Waals surface area contributed by atoms with Gasteiger partial charge in [0.15, 0.2) is 0 Å². The molecular weight excluding hydrogens is 331 g/mol. The van der Waals surface area contributed by atoms with E-state index in [0.717, 1.165) is 29.0 Å². The number of anilines is 1. The number of nitrogens with one attached hydrogen (secondary N) is 1. The molecule has 25 heavy (non-hydrogen) atoms. The summed E-state index contributed by atoms with van der Waals surface area (Å²) in [6, 6.07) is 10.5. The molecule has 0 heterocycles. The highest BCUT2D eigenvalue weighted by atomic mass is 19.4. The summed E-state index contributed by atoms with van der Waals surface area (Å²) >= 11 is 0. The molecule has 6 heteroatoms. The average Bonchev–Trinajstić information content (AvgIpc) is 2.54. The number of hydrogen-bond donors (Lipinski definition) is 1. The summed E-state index contributed by atoms with van der Waals surface area (Å²) < 4.78 is 43.6. The number of carbonyl (C=O) groups excluding carboxylic acids is 1. The van der Waals surface area contributed by atoms with Gasteiger partial charge in [0.05, 0.1) is 12.2 Å². The number of aryl methyl sites for hydroxylation is 2. The Morgan fingerprint density at radius 1 is 1.12 bits per heavy atom. The average molecular weight is 351 g/mol. The lowest BCUT2D eigenvalue weighted by molar-refractivity contribution is -0.137. The van der Waals surface area contributed by atoms with E-state index in [4.69, 9.17) is 4.74 Å². The van der Waals surface area contributed by atoms with Gasteiger partial charge in [0.2, 0.25) is 5.91 Å². The maximum atomic E-state index is 12.6. The Morgan fingerprint density at radius 2 is 1.88 bits per heavy atom. The summed E-state index contributed by atoms with van der Waals surface area (Å²) in [5, 5.41) is 2.48. The lowest BCUT2D eigenvalue weighted by atomic mass is 10.1. The van der Waals surface area contributed by atoms with Crippen molar-refractivity contribution >= 4 is 11.6 Å². The third-order valence-corrected chi connectivity index (χ3v) is 3.62. The van der Waals surface area contributed by atoms with E-state index in [1.165, 1.54) is 12.1 Å². The van der Waals surface area contributed by atoms with Crippen LogP contribution in [0.3, 0.4) is 0 Å². The van der Waals surface area contributed by atoms with Crippen molar-refractivity contribution < 1.29 is 22.7 Å². The fraction of sp³-hybridized carbons (Fsp3) is 0.316. The largest absolute Gasteiger partial charge is 0.493 e. The normalized spacial score (nSPS) is 11.2. The summed E-state index contributed by atoms with van der Waals surface area (Å²) in [7, 11) is 0. The highest BCUT2D eigenvalue weighted by Gasteiger charge is 2.30. The lowest BCUT2D eigenvalue weighted by Gasteiger charge is -2.11. The molecule has 0 aliphatic rings. The van der Waals surface area contributed by atoms with E-state index in [2.05, 4.69) is 5.32 Å². The number of alkyl halides is 3. The van der Waals surface area contributed by atoms with Crippen LogP contribution in [0.5, 0.6) is 5.75 Å². The van der Waals surface area contributed by atoms with Gasteiger partial charge in [-0.1, -0.05) is 18.2 Å². The standard InChI is InChI=1S/C19H20F3NO2/c1-13-8-9-14(2)17(11-13)25-10-4-7-18(24)23-16-6-3-5-15(12-16)19(20,21)22/h3,5-6,8-9,11-12H,4,7,10H2,1-2H3,(H,23,24). The highest BCUT2D eigenvalue weighted by Crippen LogP contribution is 2.30. The molecule has 1 N–H and O–H groups in total. The molecule has 0 saturated heterocycles. The van der Waals surface area contributed by atoms with Crippen molar-refractivity contribution in [3.63, 3.8) is 0 Å². The molecule has 0 fully saturated rings. The topological polar surface area (TPSA) is 38.3 Å². The number of carbonyl (C=O) groups is 1. The fourth-order valence-corrected chi connectivity index (χ4v) is 2.27. The first-order valence-electron chi connectivity index (χ1n) is 7.93. The van der Waals surface area contributed by atoms with Gasteiger partial charge in [-0.3, -0.25) is 4.79 Å². The number of benzene rings is 2. The third kappa shape index (κ3) is 5.81. The van der Waals surface area contributed by atoms with Gasteiger partial charge in [-0.25, -0.2) is 0 Å². The van der Waals surface area contributed by atoms with Crippen LogP contribution in [-0.4, -0.2) is 12.5 Å². The first-order chi connectivity index (χ1) is 11.8. The monoisotopic (exact) mass is 351 g/mol. The van der Waals surface area contributed by atoms with Crippen LogP contribution in [0.25, 0.3) is 0 Å². The zero-order valence-corrected chi connectivity index (χ0v) is 14.1. The molecule has 2 aromatic carbocycles. The van der Waals surface area contributed by atoms with Gasteiger partial charge in [-0.05, 0) is 55.7 Å². The van der Waals surface area contributed by atoms with Crippen molar-refractivity contribution in [3.8, 4) is 5.75 Å². The molecule has 0 aliphatic heterocycles. The van der Waals surface area contributed by atoms with Gasteiger partial charge in [0, 0.05) is 12.1 Å². The zero-order chi connectivity index (χ0) is 18.4. The summed E-state index contributed by atoms with van der Waals surface area (Å²) in [5.41, 5.74) is 1.45. The summed E-state index contributed by atoms with van der Waals surface area (Å²) in [6.45, 7) is 4.27. The van der Waals surface area contributed by atoms with Crippen molar-refractivity contribution in [1.82, 2.24) is 0 Å². The number of rotatable bonds is 6. The van der Waals surface area contributed by atoms with Crippen molar-refractivity contribution in [3.05, 3.63) is 59.2 Å². The maximum absolute atomic E-state index is 12.6. The van der Waals surface area contributed by atoms with Crippen LogP contribution in [0.4, 0.5) is 18.9 Å². The van der Waals surface area contributed by atoms with E-state index in [9.17, 15) is 18.0 Å². The van der Waals surface area contributed by atoms with Gasteiger partial charge in [0.25, 0.3) is 0 Å². The number of hydrogen-bond acceptors (Lipinski definition) is 2. The lowest BCUT2D eigenvalue weighted by Crippen LogP contribution is -2.14. The minimum atomic E-state index is -4.43. The van der Waals surface area contributed by atoms with E-state index < -0.39 is 11.7 Å². The second-order valence-corrected chi connectivity index (χ2v) is 5.85. The van der Waals surface area contributed by atoms with Crippen molar-refractivity contribution in [2.75, 3.05) is 11.9 Å². The fourth-order valence-electron chi connectivity index (χ4n) is 2.27. The molecule has 3 nitrogen and oxygen atoms in total. The SMILES string of the molecule is Cc1ccc(C)c(OCCCC(=O)Nc2cccc(C(F)(F)F)c2)c1. The second kappa shape index (κ2) is 8.05. The Morgan fingerprint density at radius 3 is 2.60 bits per heavy atom. The van der Waals surface area contributed by atoms with Crippen LogP contribution < -0.4 is 10.1 Å². The Bertz CT molecular complexity index is 742. The van der Waals surface area contributed by atoms with Gasteiger partial charge in [-0.2, -0.15) is 13.2 Å². The van der Waals surface area contributed by atoms with Gasteiger partial charge in [0.1, 0.15) is 5.75 Å². The van der Waals surface area contributed by atoms with Crippen molar-refractivity contribution in [2.45, 2.75) is 32.9 Å². The van der Waals surface area contributed by atoms with Crippen molar-refractivity contribution in [1.29, 1.82) is 0 Å². The van der Waals surface area contributed by atoms with Crippen LogP contribution >= 0.6 is 0 Å². The molecule has 0 atom stereocenters. The van der Waals surface area contributed by atoms with Crippen LogP contribution in [0.15, 0.2) is 42.5 Å². The van der Waals surface area contributed by atoms with Crippen LogP contribution in [0.2, 0.25) is 0 Å². The molecule has 0 spiro atoms. The van der Waals surface area contributed by atoms with Crippen LogP contribution in [0, 0.1) is 13.8 Å². The quantitative estimate of drug-likeness (QED) is 0.734. The third-order valence-electron chi connectivity index (χ3n) is 3.62. The Hall–Kier alpha value is -2.50. The Labute approximate surface area is 144 Å². The molecule has 0 radical (unpaired) electrons. The predicted molar refractivity (Wildman–Crippen MR) is 90.7 cm³/mol. The van der Waals surface area contributed by atoms with Gasteiger partial charge < -0.3 is 10.1 Å². The van der Waals surface area contributed by atoms with E-state index in [1.807, 2.05) is 32.0 Å². The molecule has 1 amide bonds. The minimum Gasteiger partial charge on any atom is -0.493 e. The molecule has 0 saturated carbocycles. The number of amides is 1. The smallest absolute Gasteiger partial charge is 0.416 e. The predicted octanol–water partition coefficient (Wildman–Crippen LogP) is 5.12. The van der Waals surface area contributed by atoms with E-state index in [0.29, 0.717) is 13.0 Å². The number of ether oxygens (including phenoxy) is 1. The first kappa shape index (κ1) is 18.8. The molecule has 134 valence electrons. The van der Waals surface area contributed by atoms with E-state index in [-0.39, 0.29) is 18.0 Å². The summed E-state index contributed by atoms with van der Waals surface area (Å²) in [6.07, 6.45) is -3.79. The zero-order valence-electron chi connectivity index (χ0n) is 14.1. The highest BCUT2D eigenvalue weighted by molar-refractivity contribution is 5.90. The molecule has 2 rings (SSSR count). The van der Waals surface area contributed by atoms with Crippen molar-refractivity contribution in [2.24, 2.45) is 0 Å². The Kier molecular flexibility index (Phi) is 6.07. The second-order valence-electron chi connectivity index (χ2n) is 5.85. The van der Waals surface area contributed by atoms with Gasteiger partial charge in [-0.15, -0.1) is 0 Å². The molecule has 0 unspecified atom stereocenters. The van der Waals surface area contributed by atoms with Gasteiger partial charge >= 0.3 is 6.18 Å². The summed E-state index contributed by atoms with van der Waals surface area (Å²) in [5.74, 6) is 0.433. The molecule has 2 aromatic rings. The minimum absolute atomic E-state index is 0.135. The molecule has 0 aliphatic carbocycles. The first-order valence-corrected chi connectivity index (χ1v) is 7.93. The Balaban J connectivity index is 1.80. The summed E-state index contributed by atoms with van der Waals surface area (Å²) in [4.78, 5) is 11.9. The number of halogens is 3. The molecular formula is C19H20F3NO2.